The van der Waals surface area contributed by atoms with Crippen LogP contribution in [0.1, 0.15) is 31.2 Å². The van der Waals surface area contributed by atoms with Crippen molar-refractivity contribution in [3.05, 3.63) is 35.9 Å². The van der Waals surface area contributed by atoms with Crippen LogP contribution >= 0.6 is 12.4 Å². The molecular weight excluding hydrogens is 276 g/mol. The molecule has 1 saturated carbocycles. The molecule has 1 fully saturated rings. The largest absolute Gasteiger partial charge is 0.348 e. The smallest absolute Gasteiger partial charge is 0.234 e. The van der Waals surface area contributed by atoms with E-state index in [4.69, 9.17) is 5.73 Å². The minimum atomic E-state index is -0.414. The van der Waals surface area contributed by atoms with Crippen molar-refractivity contribution in [2.45, 2.75) is 31.1 Å². The molecule has 0 aromatic heterocycles. The van der Waals surface area contributed by atoms with Gasteiger partial charge in [-0.1, -0.05) is 43.2 Å². The molecule has 1 aromatic carbocycles. The number of Topliss-reactive ketones (excluding diaryl/α,β-unsaturated/α-hetero) is 1. The maximum Gasteiger partial charge on any atom is 0.234 e. The van der Waals surface area contributed by atoms with Crippen LogP contribution in [-0.4, -0.2) is 24.8 Å². The highest BCUT2D eigenvalue weighted by molar-refractivity contribution is 5.94. The number of halogens is 1. The second-order valence-electron chi connectivity index (χ2n) is 5.06. The molecule has 0 aliphatic heterocycles. The second-order valence-corrected chi connectivity index (χ2v) is 5.06. The van der Waals surface area contributed by atoms with Crippen LogP contribution < -0.4 is 11.1 Å². The number of carbonyl (C=O) groups excluding carboxylic acids is 2. The van der Waals surface area contributed by atoms with Crippen molar-refractivity contribution in [1.29, 1.82) is 0 Å². The molecule has 2 rings (SSSR count). The number of rotatable bonds is 5. The Hall–Kier alpha value is -1.39. The Bertz CT molecular complexity index is 456. The molecule has 0 atom stereocenters. The maximum absolute atomic E-state index is 12.5. The van der Waals surface area contributed by atoms with Gasteiger partial charge in [-0.15, -0.1) is 12.4 Å². The number of hydrogen-bond acceptors (Lipinski definition) is 3. The average molecular weight is 297 g/mol. The third-order valence-electron chi connectivity index (χ3n) is 3.95. The van der Waals surface area contributed by atoms with E-state index in [1.54, 1.807) is 0 Å². The molecule has 1 amide bonds. The number of nitrogens with two attached hydrogens (primary N) is 1. The molecule has 1 aliphatic rings. The van der Waals surface area contributed by atoms with Gasteiger partial charge in [-0.3, -0.25) is 9.59 Å². The van der Waals surface area contributed by atoms with Gasteiger partial charge in [0.05, 0.1) is 18.5 Å². The first-order valence-electron chi connectivity index (χ1n) is 6.74. The first-order valence-corrected chi connectivity index (χ1v) is 6.74. The van der Waals surface area contributed by atoms with Gasteiger partial charge >= 0.3 is 0 Å². The maximum atomic E-state index is 12.5. The van der Waals surface area contributed by atoms with Gasteiger partial charge in [0, 0.05) is 0 Å². The van der Waals surface area contributed by atoms with Crippen LogP contribution in [0.3, 0.4) is 0 Å². The molecular formula is C15H21ClN2O2. The number of ketones is 1. The summed E-state index contributed by atoms with van der Waals surface area (Å²) in [4.78, 5) is 23.7. The molecule has 1 aromatic rings. The lowest BCUT2D eigenvalue weighted by Gasteiger charge is -2.28. The molecule has 1 aliphatic carbocycles. The van der Waals surface area contributed by atoms with Gasteiger partial charge in [-0.2, -0.15) is 0 Å². The zero-order valence-corrected chi connectivity index (χ0v) is 12.2. The van der Waals surface area contributed by atoms with Crippen molar-refractivity contribution in [1.82, 2.24) is 5.32 Å². The number of amides is 1. The first kappa shape index (κ1) is 16.7. The molecule has 0 unspecified atom stereocenters. The van der Waals surface area contributed by atoms with Crippen LogP contribution in [0.5, 0.6) is 0 Å². The predicted molar refractivity (Wildman–Crippen MR) is 80.9 cm³/mol. The molecule has 4 nitrogen and oxygen atoms in total. The Balaban J connectivity index is 0.00000200. The van der Waals surface area contributed by atoms with Gasteiger partial charge < -0.3 is 11.1 Å². The molecule has 0 spiro atoms. The molecule has 20 heavy (non-hydrogen) atoms. The summed E-state index contributed by atoms with van der Waals surface area (Å²) < 4.78 is 0. The zero-order valence-electron chi connectivity index (χ0n) is 11.4. The van der Waals surface area contributed by atoms with Gasteiger partial charge in [0.1, 0.15) is 0 Å². The standard InChI is InChI=1S/C15H20N2O2.ClH/c16-10-14(19)17-11-13(18)15(8-4-5-9-15)12-6-2-1-3-7-12;/h1-3,6-7H,4-5,8-11,16H2,(H,17,19);1H. The van der Waals surface area contributed by atoms with Crippen LogP contribution in [0.4, 0.5) is 0 Å². The zero-order chi connectivity index (χ0) is 13.7. The fraction of sp³-hybridized carbons (Fsp3) is 0.467. The summed E-state index contributed by atoms with van der Waals surface area (Å²) in [5.41, 5.74) is 5.89. The topological polar surface area (TPSA) is 72.2 Å². The molecule has 0 radical (unpaired) electrons. The van der Waals surface area contributed by atoms with E-state index < -0.39 is 5.41 Å². The fourth-order valence-electron chi connectivity index (χ4n) is 2.88. The van der Waals surface area contributed by atoms with Gasteiger partial charge in [0.25, 0.3) is 0 Å². The van der Waals surface area contributed by atoms with E-state index in [0.29, 0.717) is 0 Å². The van der Waals surface area contributed by atoms with Crippen LogP contribution in [0, 0.1) is 0 Å². The van der Waals surface area contributed by atoms with Crippen molar-refractivity contribution in [3.8, 4) is 0 Å². The molecule has 0 saturated heterocycles. The Morgan fingerprint density at radius 3 is 2.30 bits per heavy atom. The van der Waals surface area contributed by atoms with Crippen molar-refractivity contribution < 1.29 is 9.59 Å². The van der Waals surface area contributed by atoms with Crippen molar-refractivity contribution in [2.75, 3.05) is 13.1 Å². The first-order chi connectivity index (χ1) is 9.19. The molecule has 3 N–H and O–H groups in total. The second kappa shape index (κ2) is 7.41. The van der Waals surface area contributed by atoms with Crippen molar-refractivity contribution in [2.24, 2.45) is 5.73 Å². The SMILES string of the molecule is Cl.NCC(=O)NCC(=O)C1(c2ccccc2)CCCC1. The summed E-state index contributed by atoms with van der Waals surface area (Å²) in [6, 6.07) is 9.89. The third kappa shape index (κ3) is 3.38. The lowest BCUT2D eigenvalue weighted by atomic mass is 9.75. The van der Waals surface area contributed by atoms with E-state index >= 15 is 0 Å². The van der Waals surface area contributed by atoms with Crippen LogP contribution in [0.15, 0.2) is 30.3 Å². The minimum Gasteiger partial charge on any atom is -0.348 e. The Morgan fingerprint density at radius 1 is 1.15 bits per heavy atom. The average Bonchev–Trinajstić information content (AvgIpc) is 2.96. The Labute approximate surface area is 125 Å². The van der Waals surface area contributed by atoms with Crippen molar-refractivity contribution >= 4 is 24.1 Å². The monoisotopic (exact) mass is 296 g/mol. The number of hydrogen-bond donors (Lipinski definition) is 2. The van der Waals surface area contributed by atoms with E-state index in [-0.39, 0.29) is 37.2 Å². The Morgan fingerprint density at radius 2 is 1.75 bits per heavy atom. The van der Waals surface area contributed by atoms with Gasteiger partial charge in [-0.25, -0.2) is 0 Å². The van der Waals surface area contributed by atoms with E-state index in [1.165, 1.54) is 0 Å². The third-order valence-corrected chi connectivity index (χ3v) is 3.95. The highest BCUT2D eigenvalue weighted by atomic mass is 35.5. The van der Waals surface area contributed by atoms with Crippen LogP contribution in [0.2, 0.25) is 0 Å². The number of nitrogens with one attached hydrogen (secondary N) is 1. The van der Waals surface area contributed by atoms with Gasteiger partial charge in [0.15, 0.2) is 5.78 Å². The lowest BCUT2D eigenvalue weighted by Crippen LogP contribution is -2.42. The minimum absolute atomic E-state index is 0. The molecule has 0 bridgehead atoms. The quantitative estimate of drug-likeness (QED) is 0.866. The van der Waals surface area contributed by atoms with E-state index in [2.05, 4.69) is 5.32 Å². The van der Waals surface area contributed by atoms with E-state index in [1.807, 2.05) is 30.3 Å². The van der Waals surface area contributed by atoms with Crippen molar-refractivity contribution in [3.63, 3.8) is 0 Å². The highest BCUT2D eigenvalue weighted by Gasteiger charge is 2.41. The fourth-order valence-corrected chi connectivity index (χ4v) is 2.88. The summed E-state index contributed by atoms with van der Waals surface area (Å²) in [5.74, 6) is -0.187. The molecule has 5 heteroatoms. The van der Waals surface area contributed by atoms with Gasteiger partial charge in [-0.05, 0) is 18.4 Å². The van der Waals surface area contributed by atoms with E-state index in [0.717, 1.165) is 31.2 Å². The predicted octanol–water partition coefficient (Wildman–Crippen LogP) is 1.56. The Kier molecular flexibility index (Phi) is 6.17. The summed E-state index contributed by atoms with van der Waals surface area (Å²) in [6.45, 7) is -0.00343. The summed E-state index contributed by atoms with van der Waals surface area (Å²) in [7, 11) is 0. The molecule has 0 heterocycles. The number of benzene rings is 1. The normalized spacial score (nSPS) is 16.2. The lowest BCUT2D eigenvalue weighted by molar-refractivity contribution is -0.127. The van der Waals surface area contributed by atoms with Crippen LogP contribution in [-0.2, 0) is 15.0 Å². The highest BCUT2D eigenvalue weighted by Crippen LogP contribution is 2.41. The van der Waals surface area contributed by atoms with Crippen LogP contribution in [0.25, 0.3) is 0 Å². The number of carbonyl (C=O) groups is 2. The summed E-state index contributed by atoms with van der Waals surface area (Å²) in [6.07, 6.45) is 3.86. The van der Waals surface area contributed by atoms with E-state index in [9.17, 15) is 9.59 Å². The summed E-state index contributed by atoms with van der Waals surface area (Å²) in [5, 5.41) is 2.59. The van der Waals surface area contributed by atoms with Gasteiger partial charge in [0.2, 0.25) is 5.91 Å². The molecule has 110 valence electrons. The summed E-state index contributed by atoms with van der Waals surface area (Å²) >= 11 is 0.